The molecule has 2 N–H and O–H groups in total. The highest BCUT2D eigenvalue weighted by molar-refractivity contribution is 6.47. The van der Waals surface area contributed by atoms with Gasteiger partial charge < -0.3 is 14.8 Å². The molecule has 0 unspecified atom stereocenters. The van der Waals surface area contributed by atoms with Crippen LogP contribution in [0, 0.1) is 0 Å². The van der Waals surface area contributed by atoms with E-state index in [1.54, 1.807) is 20.8 Å². The highest BCUT2D eigenvalue weighted by atomic mass is 16.6. The number of hydrogen-bond acceptors (Lipinski definition) is 4. The molecule has 0 aliphatic carbocycles. The van der Waals surface area contributed by atoms with Gasteiger partial charge in [0, 0.05) is 0 Å². The van der Waals surface area contributed by atoms with E-state index in [1.165, 1.54) is 6.08 Å². The van der Waals surface area contributed by atoms with Crippen LogP contribution >= 0.6 is 0 Å². The van der Waals surface area contributed by atoms with E-state index in [0.29, 0.717) is 0 Å². The van der Waals surface area contributed by atoms with Crippen LogP contribution in [0.15, 0.2) is 12.1 Å². The van der Waals surface area contributed by atoms with Crippen molar-refractivity contribution < 1.29 is 19.6 Å². The molecule has 0 saturated heterocycles. The van der Waals surface area contributed by atoms with Crippen molar-refractivity contribution >= 4 is 13.1 Å². The third kappa shape index (κ3) is 9.11. The highest BCUT2D eigenvalue weighted by Gasteiger charge is 2.14. The Labute approximate surface area is 78.4 Å². The minimum absolute atomic E-state index is 0.0505. The molecule has 0 aromatic rings. The quantitative estimate of drug-likeness (QED) is 0.490. The fraction of sp³-hybridized carbons (Fsp3) is 0.625. The molecule has 0 aromatic carbocycles. The van der Waals surface area contributed by atoms with Crippen molar-refractivity contribution in [2.24, 2.45) is 0 Å². The Balaban J connectivity index is 3.77. The first kappa shape index (κ1) is 12.2. The smallest absolute Gasteiger partial charge is 0.460 e. The molecule has 0 aliphatic heterocycles. The van der Waals surface area contributed by atoms with Crippen molar-refractivity contribution in [3.05, 3.63) is 12.1 Å². The molecule has 0 heterocycles. The number of carbonyl (C=O) groups excluding carboxylic acids is 1. The molecule has 4 nitrogen and oxygen atoms in total. The lowest BCUT2D eigenvalue weighted by molar-refractivity contribution is -0.153. The summed E-state index contributed by atoms with van der Waals surface area (Å²) in [4.78, 5) is 11.0. The largest absolute Gasteiger partial charge is 0.480 e. The van der Waals surface area contributed by atoms with Gasteiger partial charge in [0.25, 0.3) is 0 Å². The van der Waals surface area contributed by atoms with E-state index in [-0.39, 0.29) is 12.4 Å². The monoisotopic (exact) mass is 186 g/mol. The van der Waals surface area contributed by atoms with Crippen LogP contribution in [0.3, 0.4) is 0 Å². The van der Waals surface area contributed by atoms with E-state index in [1.807, 2.05) is 0 Å². The van der Waals surface area contributed by atoms with Crippen LogP contribution < -0.4 is 0 Å². The molecular weight excluding hydrogens is 171 g/mol. The van der Waals surface area contributed by atoms with E-state index < -0.39 is 12.7 Å². The Bertz CT molecular complexity index is 193. The molecule has 0 fully saturated rings. The zero-order valence-corrected chi connectivity index (χ0v) is 8.15. The second kappa shape index (κ2) is 5.04. The standard InChI is InChI=1S/C8H15BO4/c1-8(2,3)13-7(10)5-4-6-9(11)12/h4,6,11-12H,5H2,1-3H3/b6-4-. The minimum Gasteiger partial charge on any atom is -0.460 e. The molecule has 0 saturated carbocycles. The van der Waals surface area contributed by atoms with Gasteiger partial charge in [0.2, 0.25) is 0 Å². The molecule has 0 amide bonds. The van der Waals surface area contributed by atoms with Crippen LogP contribution in [-0.2, 0) is 9.53 Å². The SMILES string of the molecule is CC(C)(C)OC(=O)C/C=C\B(O)O. The maximum atomic E-state index is 11.0. The van der Waals surface area contributed by atoms with Crippen molar-refractivity contribution in [2.45, 2.75) is 32.8 Å². The van der Waals surface area contributed by atoms with Gasteiger partial charge in [0.15, 0.2) is 0 Å². The normalized spacial score (nSPS) is 11.8. The van der Waals surface area contributed by atoms with Crippen molar-refractivity contribution in [3.8, 4) is 0 Å². The van der Waals surface area contributed by atoms with Gasteiger partial charge in [-0.3, -0.25) is 4.79 Å². The summed E-state index contributed by atoms with van der Waals surface area (Å²) < 4.78 is 4.97. The molecule has 0 radical (unpaired) electrons. The first-order valence-corrected chi connectivity index (χ1v) is 4.06. The van der Waals surface area contributed by atoms with Crippen LogP contribution in [0.4, 0.5) is 0 Å². The number of rotatable bonds is 3. The van der Waals surface area contributed by atoms with Gasteiger partial charge in [-0.05, 0) is 20.8 Å². The third-order valence-corrected chi connectivity index (χ3v) is 1.01. The average Bonchev–Trinajstić information content (AvgIpc) is 1.81. The van der Waals surface area contributed by atoms with Crippen LogP contribution in [0.2, 0.25) is 0 Å². The summed E-state index contributed by atoms with van der Waals surface area (Å²) in [5.41, 5.74) is -0.497. The summed E-state index contributed by atoms with van der Waals surface area (Å²) in [5, 5.41) is 16.8. The number of ether oxygens (including phenoxy) is 1. The van der Waals surface area contributed by atoms with E-state index in [4.69, 9.17) is 14.8 Å². The van der Waals surface area contributed by atoms with Gasteiger partial charge in [-0.25, -0.2) is 0 Å². The highest BCUT2D eigenvalue weighted by Crippen LogP contribution is 2.08. The Morgan fingerprint density at radius 1 is 1.46 bits per heavy atom. The van der Waals surface area contributed by atoms with Crippen molar-refractivity contribution in [1.82, 2.24) is 0 Å². The first-order valence-electron chi connectivity index (χ1n) is 4.06. The lowest BCUT2D eigenvalue weighted by Gasteiger charge is -2.18. The predicted octanol–water partition coefficient (Wildman–Crippen LogP) is 0.286. The average molecular weight is 186 g/mol. The number of esters is 1. The van der Waals surface area contributed by atoms with Gasteiger partial charge in [-0.1, -0.05) is 12.1 Å². The van der Waals surface area contributed by atoms with Gasteiger partial charge in [-0.2, -0.15) is 0 Å². The maximum absolute atomic E-state index is 11.0. The fourth-order valence-electron chi connectivity index (χ4n) is 0.669. The lowest BCUT2D eigenvalue weighted by Crippen LogP contribution is -2.23. The predicted molar refractivity (Wildman–Crippen MR) is 49.8 cm³/mol. The Morgan fingerprint density at radius 2 is 2.00 bits per heavy atom. The molecule has 0 rings (SSSR count). The minimum atomic E-state index is -1.51. The summed E-state index contributed by atoms with van der Waals surface area (Å²) in [6, 6.07) is 0. The number of carbonyl (C=O) groups is 1. The van der Waals surface area contributed by atoms with Gasteiger partial charge in [0.05, 0.1) is 6.42 Å². The zero-order valence-electron chi connectivity index (χ0n) is 8.15. The molecule has 74 valence electrons. The second-order valence-electron chi connectivity index (χ2n) is 3.63. The molecule has 0 atom stereocenters. The zero-order chi connectivity index (χ0) is 10.5. The van der Waals surface area contributed by atoms with Crippen LogP contribution in [0.5, 0.6) is 0 Å². The maximum Gasteiger partial charge on any atom is 0.480 e. The van der Waals surface area contributed by atoms with Crippen LogP contribution in [0.25, 0.3) is 0 Å². The Kier molecular flexibility index (Phi) is 4.73. The van der Waals surface area contributed by atoms with Crippen molar-refractivity contribution in [2.75, 3.05) is 0 Å². The van der Waals surface area contributed by atoms with Gasteiger partial charge in [-0.15, -0.1) is 0 Å². The first-order chi connectivity index (χ1) is 5.81. The van der Waals surface area contributed by atoms with E-state index in [0.717, 1.165) is 5.98 Å². The third-order valence-electron chi connectivity index (χ3n) is 1.01. The summed E-state index contributed by atoms with van der Waals surface area (Å²) in [6.07, 6.45) is 1.41. The lowest BCUT2D eigenvalue weighted by atomic mass is 9.91. The van der Waals surface area contributed by atoms with E-state index in [2.05, 4.69) is 0 Å². The summed E-state index contributed by atoms with van der Waals surface area (Å²) in [7, 11) is -1.51. The summed E-state index contributed by atoms with van der Waals surface area (Å²) in [6.45, 7) is 5.32. The van der Waals surface area contributed by atoms with Crippen LogP contribution in [-0.4, -0.2) is 28.7 Å². The molecule has 0 aromatic heterocycles. The Hall–Kier alpha value is -0.805. The molecule has 5 heteroatoms. The van der Waals surface area contributed by atoms with E-state index in [9.17, 15) is 4.79 Å². The molecule has 0 spiro atoms. The molecule has 0 aliphatic rings. The molecule has 0 bridgehead atoms. The van der Waals surface area contributed by atoms with Gasteiger partial charge >= 0.3 is 13.1 Å². The van der Waals surface area contributed by atoms with Crippen molar-refractivity contribution in [1.29, 1.82) is 0 Å². The second-order valence-corrected chi connectivity index (χ2v) is 3.63. The molecular formula is C8H15BO4. The van der Waals surface area contributed by atoms with E-state index >= 15 is 0 Å². The summed E-state index contributed by atoms with van der Waals surface area (Å²) >= 11 is 0. The summed E-state index contributed by atoms with van der Waals surface area (Å²) in [5.74, 6) is 0.730. The Morgan fingerprint density at radius 3 is 2.38 bits per heavy atom. The number of hydrogen-bond donors (Lipinski definition) is 2. The topological polar surface area (TPSA) is 66.8 Å². The molecule has 13 heavy (non-hydrogen) atoms. The van der Waals surface area contributed by atoms with Gasteiger partial charge in [0.1, 0.15) is 5.60 Å². The van der Waals surface area contributed by atoms with Crippen molar-refractivity contribution in [3.63, 3.8) is 0 Å². The fourth-order valence-corrected chi connectivity index (χ4v) is 0.669. The van der Waals surface area contributed by atoms with Crippen LogP contribution in [0.1, 0.15) is 27.2 Å².